The van der Waals surface area contributed by atoms with E-state index in [1.807, 2.05) is 0 Å². The molecule has 98 valence electrons. The van der Waals surface area contributed by atoms with Gasteiger partial charge in [-0.1, -0.05) is 0 Å². The Labute approximate surface area is 117 Å². The minimum absolute atomic E-state index is 0.170. The summed E-state index contributed by atoms with van der Waals surface area (Å²) in [4.78, 5) is 19.5. The van der Waals surface area contributed by atoms with E-state index in [0.29, 0.717) is 5.82 Å². The van der Waals surface area contributed by atoms with Gasteiger partial charge in [-0.15, -0.1) is 0 Å². The van der Waals surface area contributed by atoms with Crippen LogP contribution in [0.1, 0.15) is 15.9 Å². The SMILES string of the molecule is Cc1cc(Br)cnc1NC(=O)c1ccnc(N)c1F. The molecule has 3 N–H and O–H groups in total. The molecule has 19 heavy (non-hydrogen) atoms. The van der Waals surface area contributed by atoms with Crippen molar-refractivity contribution >= 4 is 33.5 Å². The molecule has 7 heteroatoms. The van der Waals surface area contributed by atoms with Crippen LogP contribution in [0.2, 0.25) is 0 Å². The van der Waals surface area contributed by atoms with Gasteiger partial charge in [-0.05, 0) is 40.5 Å². The van der Waals surface area contributed by atoms with E-state index in [-0.39, 0.29) is 11.4 Å². The second-order valence-corrected chi connectivity index (χ2v) is 4.75. The van der Waals surface area contributed by atoms with Crippen molar-refractivity contribution in [2.24, 2.45) is 0 Å². The molecular formula is C12H10BrFN4O. The molecular weight excluding hydrogens is 315 g/mol. The number of aryl methyl sites for hydroxylation is 1. The van der Waals surface area contributed by atoms with Crippen LogP contribution in [-0.2, 0) is 0 Å². The highest BCUT2D eigenvalue weighted by Gasteiger charge is 2.15. The van der Waals surface area contributed by atoms with Crippen LogP contribution in [0.25, 0.3) is 0 Å². The number of pyridine rings is 2. The van der Waals surface area contributed by atoms with Crippen molar-refractivity contribution in [3.63, 3.8) is 0 Å². The molecule has 0 spiro atoms. The molecule has 0 aromatic carbocycles. The summed E-state index contributed by atoms with van der Waals surface area (Å²) in [5.41, 5.74) is 5.90. The lowest BCUT2D eigenvalue weighted by Crippen LogP contribution is -2.16. The number of anilines is 2. The van der Waals surface area contributed by atoms with Crippen molar-refractivity contribution in [1.82, 2.24) is 9.97 Å². The smallest absolute Gasteiger partial charge is 0.259 e. The Kier molecular flexibility index (Phi) is 3.75. The molecule has 0 fully saturated rings. The number of amides is 1. The fourth-order valence-corrected chi connectivity index (χ4v) is 1.93. The largest absolute Gasteiger partial charge is 0.381 e. The third kappa shape index (κ3) is 2.87. The van der Waals surface area contributed by atoms with Crippen molar-refractivity contribution in [2.75, 3.05) is 11.1 Å². The minimum atomic E-state index is -0.838. The third-order valence-electron chi connectivity index (χ3n) is 2.44. The number of aromatic nitrogens is 2. The molecule has 0 bridgehead atoms. The Balaban J connectivity index is 2.28. The normalized spacial score (nSPS) is 10.3. The third-order valence-corrected chi connectivity index (χ3v) is 2.87. The second kappa shape index (κ2) is 5.31. The van der Waals surface area contributed by atoms with Crippen LogP contribution in [0, 0.1) is 12.7 Å². The summed E-state index contributed by atoms with van der Waals surface area (Å²) in [6, 6.07) is 3.05. The topological polar surface area (TPSA) is 80.9 Å². The Morgan fingerprint density at radius 1 is 1.47 bits per heavy atom. The Morgan fingerprint density at radius 2 is 2.21 bits per heavy atom. The molecule has 0 aliphatic carbocycles. The van der Waals surface area contributed by atoms with Crippen molar-refractivity contribution < 1.29 is 9.18 Å². The molecule has 0 radical (unpaired) electrons. The highest BCUT2D eigenvalue weighted by molar-refractivity contribution is 9.10. The van der Waals surface area contributed by atoms with Gasteiger partial charge in [0.25, 0.3) is 5.91 Å². The van der Waals surface area contributed by atoms with E-state index in [0.717, 1.165) is 10.0 Å². The van der Waals surface area contributed by atoms with Crippen LogP contribution < -0.4 is 11.1 Å². The number of halogens is 2. The number of carbonyl (C=O) groups excluding carboxylic acids is 1. The van der Waals surface area contributed by atoms with E-state index < -0.39 is 11.7 Å². The van der Waals surface area contributed by atoms with Crippen molar-refractivity contribution in [2.45, 2.75) is 6.92 Å². The second-order valence-electron chi connectivity index (χ2n) is 3.83. The van der Waals surface area contributed by atoms with Crippen LogP contribution in [0.3, 0.4) is 0 Å². The zero-order valence-corrected chi connectivity index (χ0v) is 11.5. The number of carbonyl (C=O) groups is 1. The van der Waals surface area contributed by atoms with Gasteiger partial charge in [-0.3, -0.25) is 4.79 Å². The van der Waals surface area contributed by atoms with E-state index >= 15 is 0 Å². The van der Waals surface area contributed by atoms with Gasteiger partial charge in [0.2, 0.25) is 0 Å². The molecule has 2 aromatic rings. The molecule has 1 amide bonds. The Morgan fingerprint density at radius 3 is 2.89 bits per heavy atom. The molecule has 2 rings (SSSR count). The average molecular weight is 325 g/mol. The molecule has 2 aromatic heterocycles. The first kappa shape index (κ1) is 13.4. The molecule has 0 atom stereocenters. The van der Waals surface area contributed by atoms with Crippen LogP contribution in [0.15, 0.2) is 29.0 Å². The maximum absolute atomic E-state index is 13.6. The van der Waals surface area contributed by atoms with E-state index in [2.05, 4.69) is 31.2 Å². The molecule has 0 aliphatic rings. The van der Waals surface area contributed by atoms with E-state index in [9.17, 15) is 9.18 Å². The zero-order valence-electron chi connectivity index (χ0n) is 9.95. The standard InChI is InChI=1S/C12H10BrFN4O/c1-6-4-7(13)5-17-11(6)18-12(19)8-2-3-16-10(15)9(8)14/h2-5H,1H3,(H2,15,16)(H,17,18,19). The fraction of sp³-hybridized carbons (Fsp3) is 0.0833. The van der Waals surface area contributed by atoms with Crippen LogP contribution >= 0.6 is 15.9 Å². The first-order valence-electron chi connectivity index (χ1n) is 5.32. The minimum Gasteiger partial charge on any atom is -0.381 e. The average Bonchev–Trinajstić information content (AvgIpc) is 2.36. The van der Waals surface area contributed by atoms with Crippen LogP contribution in [-0.4, -0.2) is 15.9 Å². The number of nitrogens with one attached hydrogen (secondary N) is 1. The maximum Gasteiger partial charge on any atom is 0.259 e. The predicted octanol–water partition coefficient (Wildman–Crippen LogP) is 2.52. The quantitative estimate of drug-likeness (QED) is 0.889. The zero-order chi connectivity index (χ0) is 14.0. The van der Waals surface area contributed by atoms with Crippen molar-refractivity contribution in [3.8, 4) is 0 Å². The fourth-order valence-electron chi connectivity index (χ4n) is 1.48. The van der Waals surface area contributed by atoms with E-state index in [1.165, 1.54) is 12.3 Å². The lowest BCUT2D eigenvalue weighted by molar-refractivity contribution is 0.102. The molecule has 2 heterocycles. The van der Waals surface area contributed by atoms with Gasteiger partial charge in [0, 0.05) is 16.9 Å². The monoisotopic (exact) mass is 324 g/mol. The highest BCUT2D eigenvalue weighted by atomic mass is 79.9. The van der Waals surface area contributed by atoms with Crippen LogP contribution in [0.5, 0.6) is 0 Å². The molecule has 0 saturated carbocycles. The number of hydrogen-bond donors (Lipinski definition) is 2. The number of rotatable bonds is 2. The maximum atomic E-state index is 13.6. The van der Waals surface area contributed by atoms with Crippen molar-refractivity contribution in [1.29, 1.82) is 0 Å². The number of nitrogen functional groups attached to an aromatic ring is 1. The Hall–Kier alpha value is -2.02. The Bertz CT molecular complexity index is 648. The lowest BCUT2D eigenvalue weighted by Gasteiger charge is -2.08. The molecule has 0 unspecified atom stereocenters. The molecule has 0 saturated heterocycles. The van der Waals surface area contributed by atoms with Gasteiger partial charge in [0.15, 0.2) is 11.6 Å². The highest BCUT2D eigenvalue weighted by Crippen LogP contribution is 2.18. The van der Waals surface area contributed by atoms with Crippen LogP contribution in [0.4, 0.5) is 16.0 Å². The summed E-state index contributed by atoms with van der Waals surface area (Å²) in [6.45, 7) is 1.78. The summed E-state index contributed by atoms with van der Waals surface area (Å²) in [6.07, 6.45) is 2.81. The summed E-state index contributed by atoms with van der Waals surface area (Å²) in [5, 5.41) is 2.53. The van der Waals surface area contributed by atoms with Gasteiger partial charge in [-0.25, -0.2) is 14.4 Å². The van der Waals surface area contributed by atoms with Gasteiger partial charge in [0.1, 0.15) is 5.82 Å². The summed E-state index contributed by atoms with van der Waals surface area (Å²) < 4.78 is 14.4. The van der Waals surface area contributed by atoms with Gasteiger partial charge in [-0.2, -0.15) is 0 Å². The lowest BCUT2D eigenvalue weighted by atomic mass is 10.2. The molecule has 5 nitrogen and oxygen atoms in total. The summed E-state index contributed by atoms with van der Waals surface area (Å²) in [5.74, 6) is -1.41. The van der Waals surface area contributed by atoms with Gasteiger partial charge < -0.3 is 11.1 Å². The first-order chi connectivity index (χ1) is 8.99. The van der Waals surface area contributed by atoms with Gasteiger partial charge >= 0.3 is 0 Å². The van der Waals surface area contributed by atoms with Gasteiger partial charge in [0.05, 0.1) is 5.56 Å². The summed E-state index contributed by atoms with van der Waals surface area (Å²) in [7, 11) is 0. The predicted molar refractivity (Wildman–Crippen MR) is 73.2 cm³/mol. The van der Waals surface area contributed by atoms with E-state index in [4.69, 9.17) is 5.73 Å². The summed E-state index contributed by atoms with van der Waals surface area (Å²) >= 11 is 3.27. The number of hydrogen-bond acceptors (Lipinski definition) is 4. The first-order valence-corrected chi connectivity index (χ1v) is 6.12. The van der Waals surface area contributed by atoms with Crippen molar-refractivity contribution in [3.05, 3.63) is 45.9 Å². The molecule has 0 aliphatic heterocycles. The number of nitrogens with zero attached hydrogens (tertiary/aromatic N) is 2. The van der Waals surface area contributed by atoms with E-state index in [1.54, 1.807) is 19.2 Å². The number of nitrogens with two attached hydrogens (primary N) is 1.